The van der Waals surface area contributed by atoms with Crippen molar-refractivity contribution in [2.45, 2.75) is 26.3 Å². The molecule has 4 rings (SSSR count). The lowest BCUT2D eigenvalue weighted by atomic mass is 10.1. The predicted molar refractivity (Wildman–Crippen MR) is 120 cm³/mol. The van der Waals surface area contributed by atoms with Crippen molar-refractivity contribution in [2.75, 3.05) is 25.0 Å². The molecule has 2 heterocycles. The molecule has 1 aliphatic rings. The standard InChI is InChI=1S/C24H25N3O4/c1-2-31-18-11-9-17(10-12-18)25-22(28)16-27-21-8-4-3-7-19(21)20(15-23(27)29)24(30)26-13-5-6-14-26/h3-4,7-12,15H,2,5-6,13-14,16H2,1H3,(H,25,28). The van der Waals surface area contributed by atoms with Crippen molar-refractivity contribution in [1.82, 2.24) is 9.47 Å². The second-order valence-corrected chi connectivity index (χ2v) is 7.50. The van der Waals surface area contributed by atoms with Crippen molar-refractivity contribution in [3.8, 4) is 5.75 Å². The average molecular weight is 419 g/mol. The number of nitrogens with zero attached hydrogens (tertiary/aromatic N) is 2. The molecule has 0 radical (unpaired) electrons. The van der Waals surface area contributed by atoms with Crippen LogP contribution in [0.3, 0.4) is 0 Å². The number of hydrogen-bond donors (Lipinski definition) is 1. The van der Waals surface area contributed by atoms with Gasteiger partial charge in [0.05, 0.1) is 17.7 Å². The van der Waals surface area contributed by atoms with Crippen molar-refractivity contribution < 1.29 is 14.3 Å². The summed E-state index contributed by atoms with van der Waals surface area (Å²) in [5, 5.41) is 3.48. The number of nitrogens with one attached hydrogen (secondary N) is 1. The Morgan fingerprint density at radius 2 is 1.74 bits per heavy atom. The molecule has 0 saturated carbocycles. The molecule has 0 atom stereocenters. The van der Waals surface area contributed by atoms with Gasteiger partial charge in [0.15, 0.2) is 0 Å². The summed E-state index contributed by atoms with van der Waals surface area (Å²) in [6.07, 6.45) is 1.96. The number of carbonyl (C=O) groups excluding carboxylic acids is 2. The molecule has 0 bridgehead atoms. The third-order valence-corrected chi connectivity index (χ3v) is 5.39. The minimum atomic E-state index is -0.372. The second kappa shape index (κ2) is 9.04. The molecule has 7 nitrogen and oxygen atoms in total. The van der Waals surface area contributed by atoms with E-state index in [1.807, 2.05) is 19.1 Å². The van der Waals surface area contributed by atoms with Gasteiger partial charge in [0.25, 0.3) is 11.5 Å². The van der Waals surface area contributed by atoms with E-state index in [-0.39, 0.29) is 23.9 Å². The third kappa shape index (κ3) is 4.45. The molecule has 2 aromatic carbocycles. The van der Waals surface area contributed by atoms with E-state index in [1.54, 1.807) is 41.3 Å². The number of likely N-dealkylation sites (tertiary alicyclic amines) is 1. The fourth-order valence-electron chi connectivity index (χ4n) is 3.91. The van der Waals surface area contributed by atoms with E-state index in [4.69, 9.17) is 4.74 Å². The van der Waals surface area contributed by atoms with Crippen LogP contribution in [0.2, 0.25) is 0 Å². The number of ether oxygens (including phenoxy) is 1. The maximum absolute atomic E-state index is 13.0. The van der Waals surface area contributed by atoms with E-state index in [2.05, 4.69) is 5.32 Å². The van der Waals surface area contributed by atoms with Gasteiger partial charge in [-0.05, 0) is 50.1 Å². The molecule has 0 unspecified atom stereocenters. The Balaban J connectivity index is 1.60. The Morgan fingerprint density at radius 3 is 2.45 bits per heavy atom. The number of hydrogen-bond acceptors (Lipinski definition) is 4. The number of pyridine rings is 1. The van der Waals surface area contributed by atoms with Crippen molar-refractivity contribution >= 4 is 28.4 Å². The summed E-state index contributed by atoms with van der Waals surface area (Å²) in [5.74, 6) is 0.271. The topological polar surface area (TPSA) is 80.6 Å². The summed E-state index contributed by atoms with van der Waals surface area (Å²) in [7, 11) is 0. The van der Waals surface area contributed by atoms with Gasteiger partial charge in [-0.1, -0.05) is 18.2 Å². The molecule has 7 heteroatoms. The number of benzene rings is 2. The van der Waals surface area contributed by atoms with Gasteiger partial charge < -0.3 is 15.0 Å². The fourth-order valence-corrected chi connectivity index (χ4v) is 3.91. The van der Waals surface area contributed by atoms with Crippen LogP contribution in [0.5, 0.6) is 5.75 Å². The lowest BCUT2D eigenvalue weighted by Crippen LogP contribution is -2.32. The average Bonchev–Trinajstić information content (AvgIpc) is 3.31. The molecule has 1 saturated heterocycles. The fraction of sp³-hybridized carbons (Fsp3) is 0.292. The van der Waals surface area contributed by atoms with Crippen LogP contribution >= 0.6 is 0 Å². The first-order chi connectivity index (χ1) is 15.1. The molecular weight excluding hydrogens is 394 g/mol. The molecule has 1 aromatic heterocycles. The molecule has 0 spiro atoms. The molecule has 1 fully saturated rings. The van der Waals surface area contributed by atoms with E-state index in [1.165, 1.54) is 10.6 Å². The van der Waals surface area contributed by atoms with Crippen molar-refractivity contribution in [2.24, 2.45) is 0 Å². The maximum Gasteiger partial charge on any atom is 0.254 e. The monoisotopic (exact) mass is 419 g/mol. The normalized spacial score (nSPS) is 13.4. The molecule has 3 aromatic rings. The molecule has 0 aliphatic carbocycles. The molecule has 1 aliphatic heterocycles. The summed E-state index contributed by atoms with van der Waals surface area (Å²) >= 11 is 0. The Hall–Kier alpha value is -3.61. The summed E-state index contributed by atoms with van der Waals surface area (Å²) in [4.78, 5) is 40.2. The van der Waals surface area contributed by atoms with Crippen LogP contribution in [0.25, 0.3) is 10.9 Å². The smallest absolute Gasteiger partial charge is 0.254 e. The first-order valence-electron chi connectivity index (χ1n) is 10.5. The number of carbonyl (C=O) groups is 2. The Bertz CT molecular complexity index is 1160. The zero-order chi connectivity index (χ0) is 21.8. The van der Waals surface area contributed by atoms with E-state index in [0.29, 0.717) is 41.9 Å². The first kappa shape index (κ1) is 20.7. The third-order valence-electron chi connectivity index (χ3n) is 5.39. The Morgan fingerprint density at radius 1 is 1.03 bits per heavy atom. The van der Waals surface area contributed by atoms with Gasteiger partial charge in [-0.15, -0.1) is 0 Å². The molecule has 31 heavy (non-hydrogen) atoms. The first-order valence-corrected chi connectivity index (χ1v) is 10.5. The molecule has 1 N–H and O–H groups in total. The van der Waals surface area contributed by atoms with E-state index in [0.717, 1.165) is 18.6 Å². The van der Waals surface area contributed by atoms with Crippen LogP contribution in [0, 0.1) is 0 Å². The van der Waals surface area contributed by atoms with E-state index < -0.39 is 0 Å². The number of aromatic nitrogens is 1. The Labute approximate surface area is 180 Å². The molecular formula is C24H25N3O4. The van der Waals surface area contributed by atoms with Crippen molar-refractivity contribution in [1.29, 1.82) is 0 Å². The van der Waals surface area contributed by atoms with E-state index >= 15 is 0 Å². The van der Waals surface area contributed by atoms with Crippen LogP contribution in [0.4, 0.5) is 5.69 Å². The highest BCUT2D eigenvalue weighted by Gasteiger charge is 2.23. The minimum absolute atomic E-state index is 0.128. The highest BCUT2D eigenvalue weighted by Crippen LogP contribution is 2.21. The second-order valence-electron chi connectivity index (χ2n) is 7.50. The maximum atomic E-state index is 13.0. The van der Waals surface area contributed by atoms with Gasteiger partial charge >= 0.3 is 0 Å². The predicted octanol–water partition coefficient (Wildman–Crippen LogP) is 3.27. The largest absolute Gasteiger partial charge is 0.494 e. The zero-order valence-electron chi connectivity index (χ0n) is 17.5. The van der Waals surface area contributed by atoms with Gasteiger partial charge in [-0.25, -0.2) is 0 Å². The Kier molecular flexibility index (Phi) is 6.02. The summed E-state index contributed by atoms with van der Waals surface area (Å²) in [6, 6.07) is 15.6. The summed E-state index contributed by atoms with van der Waals surface area (Å²) in [6.45, 7) is 3.74. The van der Waals surface area contributed by atoms with E-state index in [9.17, 15) is 14.4 Å². The number of anilines is 1. The summed E-state index contributed by atoms with van der Waals surface area (Å²) in [5.41, 5.74) is 1.21. The number of para-hydroxylation sites is 1. The molecule has 2 amide bonds. The number of fused-ring (bicyclic) bond motifs is 1. The minimum Gasteiger partial charge on any atom is -0.494 e. The highest BCUT2D eigenvalue weighted by atomic mass is 16.5. The quantitative estimate of drug-likeness (QED) is 0.665. The van der Waals surface area contributed by atoms with Crippen molar-refractivity contribution in [3.63, 3.8) is 0 Å². The lowest BCUT2D eigenvalue weighted by molar-refractivity contribution is -0.116. The zero-order valence-corrected chi connectivity index (χ0v) is 17.5. The van der Waals surface area contributed by atoms with Crippen LogP contribution in [-0.4, -0.2) is 41.0 Å². The highest BCUT2D eigenvalue weighted by molar-refractivity contribution is 6.06. The van der Waals surface area contributed by atoms with Crippen LogP contribution in [-0.2, 0) is 11.3 Å². The summed E-state index contributed by atoms with van der Waals surface area (Å²) < 4.78 is 6.81. The molecule has 160 valence electrons. The van der Waals surface area contributed by atoms with Crippen LogP contribution < -0.4 is 15.6 Å². The van der Waals surface area contributed by atoms with Gasteiger partial charge in [-0.2, -0.15) is 0 Å². The van der Waals surface area contributed by atoms with Crippen molar-refractivity contribution in [3.05, 3.63) is 70.5 Å². The van der Waals surface area contributed by atoms with Gasteiger partial charge in [0.1, 0.15) is 12.3 Å². The number of rotatable bonds is 6. The van der Waals surface area contributed by atoms with Gasteiger partial charge in [0.2, 0.25) is 5.91 Å². The van der Waals surface area contributed by atoms with Crippen LogP contribution in [0.15, 0.2) is 59.4 Å². The van der Waals surface area contributed by atoms with Crippen LogP contribution in [0.1, 0.15) is 30.1 Å². The SMILES string of the molecule is CCOc1ccc(NC(=O)Cn2c(=O)cc(C(=O)N3CCCC3)c3ccccc32)cc1. The lowest BCUT2D eigenvalue weighted by Gasteiger charge is -2.18. The number of amides is 2. The van der Waals surface area contributed by atoms with Gasteiger partial charge in [0, 0.05) is 30.2 Å². The van der Waals surface area contributed by atoms with Gasteiger partial charge in [-0.3, -0.25) is 19.0 Å².